The second-order valence-electron chi connectivity index (χ2n) is 3.82. The van der Waals surface area contributed by atoms with Gasteiger partial charge in [-0.05, 0) is 17.7 Å². The van der Waals surface area contributed by atoms with Crippen molar-refractivity contribution in [2.75, 3.05) is 7.11 Å². The first-order valence-corrected chi connectivity index (χ1v) is 5.87. The fourth-order valence-electron chi connectivity index (χ4n) is 1.59. The van der Waals surface area contributed by atoms with Crippen molar-refractivity contribution >= 4 is 11.5 Å². The fourth-order valence-corrected chi connectivity index (χ4v) is 1.59. The van der Waals surface area contributed by atoms with E-state index < -0.39 is 5.97 Å². The van der Waals surface area contributed by atoms with Crippen LogP contribution >= 0.6 is 0 Å². The normalized spacial score (nSPS) is 10.9. The van der Waals surface area contributed by atoms with Crippen LogP contribution in [0.15, 0.2) is 66.9 Å². The van der Waals surface area contributed by atoms with Gasteiger partial charge in [-0.15, -0.1) is 0 Å². The molecule has 3 nitrogen and oxygen atoms in total. The largest absolute Gasteiger partial charge is 0.465 e. The molecule has 0 aliphatic heterocycles. The lowest BCUT2D eigenvalue weighted by atomic mass is 10.1. The summed E-state index contributed by atoms with van der Waals surface area (Å²) in [5.74, 6) is 0.238. The van der Waals surface area contributed by atoms with Gasteiger partial charge in [-0.25, -0.2) is 4.79 Å². The van der Waals surface area contributed by atoms with E-state index in [0.29, 0.717) is 11.3 Å². The second-order valence-corrected chi connectivity index (χ2v) is 3.82. The van der Waals surface area contributed by atoms with Gasteiger partial charge < -0.3 is 9.47 Å². The molecule has 96 valence electrons. The number of hydrogen-bond donors (Lipinski definition) is 0. The Hall–Kier alpha value is -2.55. The van der Waals surface area contributed by atoms with E-state index in [1.165, 1.54) is 13.4 Å². The third-order valence-corrected chi connectivity index (χ3v) is 2.55. The van der Waals surface area contributed by atoms with Crippen LogP contribution in [0, 0.1) is 0 Å². The highest BCUT2D eigenvalue weighted by Gasteiger charge is 2.12. The van der Waals surface area contributed by atoms with Crippen LogP contribution in [0.25, 0.3) is 5.57 Å². The summed E-state index contributed by atoms with van der Waals surface area (Å²) in [5.41, 5.74) is 1.14. The number of benzene rings is 2. The molecule has 2 aromatic carbocycles. The summed E-state index contributed by atoms with van der Waals surface area (Å²) < 4.78 is 10.3. The first-order chi connectivity index (χ1) is 9.31. The lowest BCUT2D eigenvalue weighted by Crippen LogP contribution is -2.05. The molecule has 0 bridgehead atoms. The molecular weight excluding hydrogens is 240 g/mol. The van der Waals surface area contributed by atoms with Gasteiger partial charge in [0.1, 0.15) is 17.6 Å². The fraction of sp³-hybridized carbons (Fsp3) is 0.0625. The molecule has 0 spiro atoms. The smallest absolute Gasteiger partial charge is 0.341 e. The first-order valence-electron chi connectivity index (χ1n) is 5.87. The standard InChI is InChI=1S/C16H14O3/c1-18-16(17)15(13-8-4-2-5-9-13)12-19-14-10-6-3-7-11-14/h2-12H,1H3. The maximum Gasteiger partial charge on any atom is 0.341 e. The number of esters is 1. The molecule has 2 rings (SSSR count). The van der Waals surface area contributed by atoms with Crippen LogP contribution in [-0.4, -0.2) is 13.1 Å². The topological polar surface area (TPSA) is 35.5 Å². The summed E-state index contributed by atoms with van der Waals surface area (Å²) in [6.07, 6.45) is 1.41. The Morgan fingerprint density at radius 1 is 0.947 bits per heavy atom. The van der Waals surface area contributed by atoms with Gasteiger partial charge >= 0.3 is 5.97 Å². The van der Waals surface area contributed by atoms with Crippen LogP contribution in [0.2, 0.25) is 0 Å². The van der Waals surface area contributed by atoms with Crippen LogP contribution in [0.5, 0.6) is 5.75 Å². The van der Waals surface area contributed by atoms with Crippen LogP contribution in [0.1, 0.15) is 5.56 Å². The maximum atomic E-state index is 11.8. The molecule has 0 atom stereocenters. The van der Waals surface area contributed by atoms with Gasteiger partial charge in [-0.2, -0.15) is 0 Å². The van der Waals surface area contributed by atoms with Crippen LogP contribution in [0.4, 0.5) is 0 Å². The van der Waals surface area contributed by atoms with E-state index in [1.54, 1.807) is 0 Å². The minimum Gasteiger partial charge on any atom is -0.465 e. The summed E-state index contributed by atoms with van der Waals surface area (Å²) in [4.78, 5) is 11.8. The van der Waals surface area contributed by atoms with Crippen molar-refractivity contribution in [1.29, 1.82) is 0 Å². The summed E-state index contributed by atoms with van der Waals surface area (Å²) in [6.45, 7) is 0. The lowest BCUT2D eigenvalue weighted by Gasteiger charge is -2.06. The number of carbonyl (C=O) groups excluding carboxylic acids is 1. The van der Waals surface area contributed by atoms with Crippen molar-refractivity contribution in [3.63, 3.8) is 0 Å². The molecule has 3 heteroatoms. The van der Waals surface area contributed by atoms with Crippen LogP contribution in [-0.2, 0) is 9.53 Å². The van der Waals surface area contributed by atoms with Crippen molar-refractivity contribution < 1.29 is 14.3 Å². The molecule has 19 heavy (non-hydrogen) atoms. The molecule has 0 unspecified atom stereocenters. The average molecular weight is 254 g/mol. The van der Waals surface area contributed by atoms with Crippen molar-refractivity contribution in [2.24, 2.45) is 0 Å². The Balaban J connectivity index is 2.26. The van der Waals surface area contributed by atoms with E-state index in [4.69, 9.17) is 9.47 Å². The molecule has 0 N–H and O–H groups in total. The van der Waals surface area contributed by atoms with Crippen LogP contribution in [0.3, 0.4) is 0 Å². The monoisotopic (exact) mass is 254 g/mol. The number of ether oxygens (including phenoxy) is 2. The number of methoxy groups -OCH3 is 1. The summed E-state index contributed by atoms with van der Waals surface area (Å²) >= 11 is 0. The molecule has 0 amide bonds. The zero-order valence-corrected chi connectivity index (χ0v) is 10.6. The third-order valence-electron chi connectivity index (χ3n) is 2.55. The molecule has 0 saturated heterocycles. The maximum absolute atomic E-state index is 11.8. The Morgan fingerprint density at radius 3 is 2.11 bits per heavy atom. The van der Waals surface area contributed by atoms with Crippen molar-refractivity contribution in [3.05, 3.63) is 72.5 Å². The van der Waals surface area contributed by atoms with Gasteiger partial charge in [0, 0.05) is 0 Å². The minimum atomic E-state index is -0.429. The molecule has 0 aromatic heterocycles. The van der Waals surface area contributed by atoms with Gasteiger partial charge in [0.15, 0.2) is 0 Å². The van der Waals surface area contributed by atoms with Gasteiger partial charge in [-0.1, -0.05) is 48.5 Å². The van der Waals surface area contributed by atoms with Gasteiger partial charge in [0.25, 0.3) is 0 Å². The zero-order valence-electron chi connectivity index (χ0n) is 10.6. The van der Waals surface area contributed by atoms with Crippen LogP contribution < -0.4 is 4.74 Å². The number of rotatable bonds is 4. The van der Waals surface area contributed by atoms with E-state index in [0.717, 1.165) is 5.56 Å². The van der Waals surface area contributed by atoms with Gasteiger partial charge in [0.2, 0.25) is 0 Å². The SMILES string of the molecule is COC(=O)C(=COc1ccccc1)c1ccccc1. The van der Waals surface area contributed by atoms with E-state index in [9.17, 15) is 4.79 Å². The van der Waals surface area contributed by atoms with Crippen molar-refractivity contribution in [3.8, 4) is 5.75 Å². The molecule has 0 saturated carbocycles. The highest BCUT2D eigenvalue weighted by Crippen LogP contribution is 2.17. The molecule has 0 heterocycles. The van der Waals surface area contributed by atoms with Gasteiger partial charge in [-0.3, -0.25) is 0 Å². The highest BCUT2D eigenvalue weighted by molar-refractivity contribution is 6.16. The van der Waals surface area contributed by atoms with E-state index >= 15 is 0 Å². The third kappa shape index (κ3) is 3.45. The predicted octanol–water partition coefficient (Wildman–Crippen LogP) is 3.28. The summed E-state index contributed by atoms with van der Waals surface area (Å²) in [7, 11) is 1.35. The Bertz CT molecular complexity index is 559. The van der Waals surface area contributed by atoms with Crippen molar-refractivity contribution in [1.82, 2.24) is 0 Å². The number of carbonyl (C=O) groups is 1. The molecule has 0 aliphatic carbocycles. The summed E-state index contributed by atoms with van der Waals surface area (Å²) in [6, 6.07) is 18.5. The number of hydrogen-bond acceptors (Lipinski definition) is 3. The first kappa shape index (κ1) is 12.9. The van der Waals surface area contributed by atoms with E-state index in [-0.39, 0.29) is 0 Å². The van der Waals surface area contributed by atoms with E-state index in [2.05, 4.69) is 0 Å². The van der Waals surface area contributed by atoms with Gasteiger partial charge in [0.05, 0.1) is 7.11 Å². The quantitative estimate of drug-likeness (QED) is 0.477. The molecule has 0 fully saturated rings. The molecule has 2 aromatic rings. The molecule has 0 aliphatic rings. The Labute approximate surface area is 112 Å². The second kappa shape index (κ2) is 6.40. The van der Waals surface area contributed by atoms with E-state index in [1.807, 2.05) is 60.7 Å². The minimum absolute atomic E-state index is 0.381. The highest BCUT2D eigenvalue weighted by atomic mass is 16.5. The number of para-hydroxylation sites is 1. The average Bonchev–Trinajstić information content (AvgIpc) is 2.49. The molecular formula is C16H14O3. The Kier molecular flexibility index (Phi) is 4.34. The predicted molar refractivity (Wildman–Crippen MR) is 73.5 cm³/mol. The van der Waals surface area contributed by atoms with Crippen molar-refractivity contribution in [2.45, 2.75) is 0 Å². The Morgan fingerprint density at radius 2 is 1.53 bits per heavy atom. The zero-order chi connectivity index (χ0) is 13.5. The molecule has 0 radical (unpaired) electrons. The summed E-state index contributed by atoms with van der Waals surface area (Å²) in [5, 5.41) is 0. The lowest BCUT2D eigenvalue weighted by molar-refractivity contribution is -0.133.